The van der Waals surface area contributed by atoms with Crippen LogP contribution in [-0.4, -0.2) is 6.18 Å². The van der Waals surface area contributed by atoms with Crippen molar-refractivity contribution >= 4 is 0 Å². The highest BCUT2D eigenvalue weighted by Crippen LogP contribution is 2.23. The van der Waals surface area contributed by atoms with E-state index in [4.69, 9.17) is 0 Å². The quantitative estimate of drug-likeness (QED) is 0.216. The van der Waals surface area contributed by atoms with Crippen molar-refractivity contribution in [3.63, 3.8) is 0 Å². The molecule has 0 aliphatic rings. The lowest BCUT2D eigenvalue weighted by atomic mass is 10.0. The van der Waals surface area contributed by atoms with Crippen LogP contribution < -0.4 is 0 Å². The van der Waals surface area contributed by atoms with Gasteiger partial charge in [0.05, 0.1) is 0 Å². The van der Waals surface area contributed by atoms with Crippen molar-refractivity contribution in [3.8, 4) is 0 Å². The third-order valence-electron chi connectivity index (χ3n) is 4.81. The fraction of sp³-hybridized carbons (Fsp3) is 1.00. The molecule has 0 heterocycles. The molecule has 0 aromatic heterocycles. The average Bonchev–Trinajstić information content (AvgIpc) is 2.52. The Bertz CT molecular complexity index is 236. The smallest absolute Gasteiger partial charge is 0.171 e. The van der Waals surface area contributed by atoms with E-state index < -0.39 is 12.6 Å². The molecule has 0 aromatic carbocycles. The summed E-state index contributed by atoms with van der Waals surface area (Å²) in [5, 5.41) is 0. The summed E-state index contributed by atoms with van der Waals surface area (Å²) in [6.07, 6.45) is 17.6. The van der Waals surface area contributed by atoms with E-state index in [-0.39, 0.29) is 0 Å². The van der Waals surface area contributed by atoms with Gasteiger partial charge in [-0.1, -0.05) is 116 Å². The van der Waals surface area contributed by atoms with Crippen molar-refractivity contribution in [2.24, 2.45) is 0 Å². The van der Waals surface area contributed by atoms with Gasteiger partial charge in [0.15, 0.2) is 0 Å². The van der Waals surface area contributed by atoms with Crippen LogP contribution in [0.4, 0.5) is 13.2 Å². The summed E-state index contributed by atoms with van der Waals surface area (Å²) >= 11 is 0. The SMILES string of the molecule is CCCCCCCCCCCCCCCCCCCCC(F)(F)F. The molecule has 0 aliphatic heterocycles. The van der Waals surface area contributed by atoms with E-state index in [1.165, 1.54) is 89.9 Å². The van der Waals surface area contributed by atoms with Crippen molar-refractivity contribution in [2.45, 2.75) is 135 Å². The Morgan fingerprint density at radius 2 is 0.667 bits per heavy atom. The highest BCUT2D eigenvalue weighted by Gasteiger charge is 2.25. The Morgan fingerprint density at radius 3 is 0.917 bits per heavy atom. The van der Waals surface area contributed by atoms with Crippen LogP contribution in [0.3, 0.4) is 0 Å². The number of hydrogen-bond donors (Lipinski definition) is 0. The molecule has 24 heavy (non-hydrogen) atoms. The van der Waals surface area contributed by atoms with Crippen LogP contribution in [0.1, 0.15) is 129 Å². The van der Waals surface area contributed by atoms with Gasteiger partial charge in [-0.25, -0.2) is 0 Å². The molecule has 0 fully saturated rings. The first-order valence-electron chi connectivity index (χ1n) is 10.6. The average molecular weight is 351 g/mol. The van der Waals surface area contributed by atoms with Crippen LogP contribution in [0.15, 0.2) is 0 Å². The van der Waals surface area contributed by atoms with Crippen LogP contribution in [0, 0.1) is 0 Å². The molecule has 0 nitrogen and oxygen atoms in total. The first kappa shape index (κ1) is 23.8. The second-order valence-corrected chi connectivity index (χ2v) is 7.38. The third kappa shape index (κ3) is 21.8. The van der Waals surface area contributed by atoms with Gasteiger partial charge in [-0.3, -0.25) is 0 Å². The summed E-state index contributed by atoms with van der Waals surface area (Å²) in [6, 6.07) is 0. The topological polar surface area (TPSA) is 0 Å². The summed E-state index contributed by atoms with van der Waals surface area (Å²) in [5.41, 5.74) is 0. The third-order valence-corrected chi connectivity index (χ3v) is 4.81. The van der Waals surface area contributed by atoms with E-state index in [0.29, 0.717) is 6.42 Å². The van der Waals surface area contributed by atoms with Gasteiger partial charge in [0, 0.05) is 6.42 Å². The number of hydrogen-bond acceptors (Lipinski definition) is 0. The highest BCUT2D eigenvalue weighted by molar-refractivity contribution is 4.53. The Balaban J connectivity index is 3.00. The molecule has 0 atom stereocenters. The van der Waals surface area contributed by atoms with Gasteiger partial charge in [0.2, 0.25) is 0 Å². The van der Waals surface area contributed by atoms with Crippen LogP contribution >= 0.6 is 0 Å². The molecule has 0 saturated carbocycles. The van der Waals surface area contributed by atoms with E-state index in [1.807, 2.05) is 0 Å². The Kier molecular flexibility index (Phi) is 17.5. The molecule has 0 aliphatic carbocycles. The number of unbranched alkanes of at least 4 members (excludes halogenated alkanes) is 17. The monoisotopic (exact) mass is 350 g/mol. The first-order valence-corrected chi connectivity index (χ1v) is 10.6. The number of halogens is 3. The van der Waals surface area contributed by atoms with Gasteiger partial charge in [-0.05, 0) is 6.42 Å². The van der Waals surface area contributed by atoms with Crippen molar-refractivity contribution < 1.29 is 13.2 Å². The second kappa shape index (κ2) is 17.6. The van der Waals surface area contributed by atoms with Gasteiger partial charge in [-0.15, -0.1) is 0 Å². The van der Waals surface area contributed by atoms with Crippen LogP contribution in [0.25, 0.3) is 0 Å². The zero-order valence-corrected chi connectivity index (χ0v) is 16.1. The van der Waals surface area contributed by atoms with Crippen LogP contribution in [0.5, 0.6) is 0 Å². The Morgan fingerprint density at radius 1 is 0.417 bits per heavy atom. The zero-order chi connectivity index (χ0) is 17.9. The molecule has 0 unspecified atom stereocenters. The minimum absolute atomic E-state index is 0.308. The second-order valence-electron chi connectivity index (χ2n) is 7.38. The minimum Gasteiger partial charge on any atom is -0.171 e. The summed E-state index contributed by atoms with van der Waals surface area (Å²) in [6.45, 7) is 2.26. The summed E-state index contributed by atoms with van der Waals surface area (Å²) < 4.78 is 35.9. The van der Waals surface area contributed by atoms with Crippen molar-refractivity contribution in [3.05, 3.63) is 0 Å². The molecular formula is C21H41F3. The molecule has 0 saturated heterocycles. The summed E-state index contributed by atoms with van der Waals surface area (Å²) in [7, 11) is 0. The largest absolute Gasteiger partial charge is 0.389 e. The highest BCUT2D eigenvalue weighted by atomic mass is 19.4. The molecule has 0 bridgehead atoms. The Hall–Kier alpha value is -0.210. The normalized spacial score (nSPS) is 12.0. The van der Waals surface area contributed by atoms with E-state index in [0.717, 1.165) is 19.3 Å². The van der Waals surface area contributed by atoms with E-state index in [2.05, 4.69) is 6.92 Å². The van der Waals surface area contributed by atoms with Crippen molar-refractivity contribution in [2.75, 3.05) is 0 Å². The fourth-order valence-corrected chi connectivity index (χ4v) is 3.23. The maximum absolute atomic E-state index is 12.0. The van der Waals surface area contributed by atoms with E-state index >= 15 is 0 Å². The predicted octanol–water partition coefficient (Wildman–Crippen LogP) is 8.98. The molecule has 0 radical (unpaired) electrons. The molecular weight excluding hydrogens is 309 g/mol. The molecule has 0 aromatic rings. The van der Waals surface area contributed by atoms with E-state index in [1.54, 1.807) is 0 Å². The molecule has 0 rings (SSSR count). The number of rotatable bonds is 18. The molecule has 3 heteroatoms. The maximum Gasteiger partial charge on any atom is 0.389 e. The Labute approximate surface area is 149 Å². The van der Waals surface area contributed by atoms with Gasteiger partial charge < -0.3 is 0 Å². The van der Waals surface area contributed by atoms with Crippen LogP contribution in [-0.2, 0) is 0 Å². The molecule has 0 N–H and O–H groups in total. The molecule has 0 amide bonds. The maximum atomic E-state index is 12.0. The number of alkyl halides is 3. The minimum atomic E-state index is -3.96. The predicted molar refractivity (Wildman–Crippen MR) is 99.5 cm³/mol. The lowest BCUT2D eigenvalue weighted by molar-refractivity contribution is -0.135. The van der Waals surface area contributed by atoms with Crippen molar-refractivity contribution in [1.29, 1.82) is 0 Å². The van der Waals surface area contributed by atoms with Gasteiger partial charge in [-0.2, -0.15) is 13.2 Å². The zero-order valence-electron chi connectivity index (χ0n) is 16.1. The molecule has 146 valence electrons. The van der Waals surface area contributed by atoms with E-state index in [9.17, 15) is 13.2 Å². The van der Waals surface area contributed by atoms with Gasteiger partial charge in [0.25, 0.3) is 0 Å². The fourth-order valence-electron chi connectivity index (χ4n) is 3.23. The lowest BCUT2D eigenvalue weighted by Crippen LogP contribution is -2.06. The van der Waals surface area contributed by atoms with Crippen molar-refractivity contribution in [1.82, 2.24) is 0 Å². The standard InChI is InChI=1S/C21H41F3/c1-2-3-4-5-6-7-8-9-10-11-12-13-14-15-16-17-18-19-20-21(22,23)24/h2-20H2,1H3. The van der Waals surface area contributed by atoms with Gasteiger partial charge >= 0.3 is 6.18 Å². The van der Waals surface area contributed by atoms with Crippen LogP contribution in [0.2, 0.25) is 0 Å². The first-order chi connectivity index (χ1) is 11.6. The summed E-state index contributed by atoms with van der Waals surface area (Å²) in [5.74, 6) is 0. The molecule has 0 spiro atoms. The summed E-state index contributed by atoms with van der Waals surface area (Å²) in [4.78, 5) is 0. The van der Waals surface area contributed by atoms with Gasteiger partial charge in [0.1, 0.15) is 0 Å². The lowest BCUT2D eigenvalue weighted by Gasteiger charge is -2.05.